The Bertz CT molecular complexity index is 512. The van der Waals surface area contributed by atoms with Gasteiger partial charge >= 0.3 is 5.69 Å². The van der Waals surface area contributed by atoms with Crippen LogP contribution in [0.3, 0.4) is 0 Å². The maximum atomic E-state index is 12.1. The lowest BCUT2D eigenvalue weighted by Gasteiger charge is -2.23. The SMILES string of the molecule is CCN(CC)C(=O)CN(C)c1sc([C@@H](C)O)cc1[N+](=O)[O-]. The van der Waals surface area contributed by atoms with E-state index in [1.54, 1.807) is 23.8 Å². The molecule has 8 heteroatoms. The largest absolute Gasteiger partial charge is 0.388 e. The van der Waals surface area contributed by atoms with Crippen LogP contribution in [0.15, 0.2) is 6.07 Å². The molecule has 1 aromatic rings. The van der Waals surface area contributed by atoms with Gasteiger partial charge in [0.1, 0.15) is 0 Å². The molecule has 0 aliphatic rings. The van der Waals surface area contributed by atoms with Crippen molar-refractivity contribution in [3.05, 3.63) is 21.1 Å². The molecule has 0 bridgehead atoms. The molecule has 7 nitrogen and oxygen atoms in total. The van der Waals surface area contributed by atoms with E-state index < -0.39 is 11.0 Å². The fourth-order valence-electron chi connectivity index (χ4n) is 1.95. The second kappa shape index (κ2) is 7.37. The Kier molecular flexibility index (Phi) is 6.10. The first-order chi connectivity index (χ1) is 9.81. The molecule has 0 fully saturated rings. The molecule has 1 rings (SSSR count). The minimum absolute atomic E-state index is 0.0717. The van der Waals surface area contributed by atoms with Gasteiger partial charge in [-0.3, -0.25) is 14.9 Å². The van der Waals surface area contributed by atoms with E-state index in [4.69, 9.17) is 0 Å². The summed E-state index contributed by atoms with van der Waals surface area (Å²) >= 11 is 1.14. The lowest BCUT2D eigenvalue weighted by atomic mass is 10.3. The third-order valence-corrected chi connectivity index (χ3v) is 4.57. The molecule has 1 amide bonds. The Labute approximate surface area is 127 Å². The molecule has 0 radical (unpaired) electrons. The van der Waals surface area contributed by atoms with Gasteiger partial charge in [-0.05, 0) is 20.8 Å². The summed E-state index contributed by atoms with van der Waals surface area (Å²) in [6.45, 7) is 6.62. The highest BCUT2D eigenvalue weighted by Crippen LogP contribution is 2.39. The van der Waals surface area contributed by atoms with Crippen molar-refractivity contribution in [3.8, 4) is 0 Å². The van der Waals surface area contributed by atoms with Crippen molar-refractivity contribution in [3.63, 3.8) is 0 Å². The summed E-state index contributed by atoms with van der Waals surface area (Å²) < 4.78 is 0. The molecule has 21 heavy (non-hydrogen) atoms. The van der Waals surface area contributed by atoms with E-state index >= 15 is 0 Å². The van der Waals surface area contributed by atoms with Gasteiger partial charge in [0, 0.05) is 31.1 Å². The maximum absolute atomic E-state index is 12.1. The number of hydrogen-bond donors (Lipinski definition) is 1. The Morgan fingerprint density at radius 3 is 2.48 bits per heavy atom. The second-order valence-electron chi connectivity index (χ2n) is 4.69. The van der Waals surface area contributed by atoms with Crippen molar-refractivity contribution in [2.75, 3.05) is 31.6 Å². The number of thiophene rings is 1. The van der Waals surface area contributed by atoms with Crippen molar-refractivity contribution in [2.45, 2.75) is 26.9 Å². The van der Waals surface area contributed by atoms with Gasteiger partial charge in [-0.1, -0.05) is 0 Å². The standard InChI is InChI=1S/C13H21N3O4S/c1-5-15(6-2)12(18)8-14(4)13-10(16(19)20)7-11(21-13)9(3)17/h7,9,17H,5-6,8H2,1-4H3/t9-/m1/s1. The van der Waals surface area contributed by atoms with Gasteiger partial charge in [-0.2, -0.15) is 0 Å². The quantitative estimate of drug-likeness (QED) is 0.614. The van der Waals surface area contributed by atoms with Crippen LogP contribution in [0.2, 0.25) is 0 Å². The second-order valence-corrected chi connectivity index (χ2v) is 5.76. The number of aliphatic hydroxyl groups excluding tert-OH is 1. The number of nitro groups is 1. The van der Waals surface area contributed by atoms with Crippen LogP contribution in [-0.2, 0) is 4.79 Å². The summed E-state index contributed by atoms with van der Waals surface area (Å²) in [6.07, 6.45) is -0.769. The fourth-order valence-corrected chi connectivity index (χ4v) is 2.97. The predicted octanol–water partition coefficient (Wildman–Crippen LogP) is 2.01. The molecule has 1 N–H and O–H groups in total. The summed E-state index contributed by atoms with van der Waals surface area (Å²) in [6, 6.07) is 1.36. The third-order valence-electron chi connectivity index (χ3n) is 3.16. The van der Waals surface area contributed by atoms with Crippen molar-refractivity contribution in [1.29, 1.82) is 0 Å². The van der Waals surface area contributed by atoms with Crippen LogP contribution in [0.25, 0.3) is 0 Å². The fraction of sp³-hybridized carbons (Fsp3) is 0.615. The van der Waals surface area contributed by atoms with Crippen LogP contribution >= 0.6 is 11.3 Å². The Balaban J connectivity index is 2.98. The average molecular weight is 315 g/mol. The number of carbonyl (C=O) groups is 1. The van der Waals surface area contributed by atoms with Crippen molar-refractivity contribution in [1.82, 2.24) is 4.90 Å². The molecule has 0 saturated heterocycles. The first kappa shape index (κ1) is 17.4. The average Bonchev–Trinajstić information content (AvgIpc) is 2.85. The molecule has 0 spiro atoms. The van der Waals surface area contributed by atoms with E-state index in [1.807, 2.05) is 13.8 Å². The van der Waals surface area contributed by atoms with Gasteiger partial charge in [-0.15, -0.1) is 11.3 Å². The molecular formula is C13H21N3O4S. The minimum Gasteiger partial charge on any atom is -0.388 e. The number of aliphatic hydroxyl groups is 1. The van der Waals surface area contributed by atoms with E-state index in [2.05, 4.69) is 0 Å². The third kappa shape index (κ3) is 4.15. The summed E-state index contributed by atoms with van der Waals surface area (Å²) in [5.74, 6) is -0.0798. The van der Waals surface area contributed by atoms with Gasteiger partial charge < -0.3 is 14.9 Å². The van der Waals surface area contributed by atoms with E-state index in [1.165, 1.54) is 6.07 Å². The first-order valence-electron chi connectivity index (χ1n) is 6.76. The molecule has 0 aromatic carbocycles. The van der Waals surface area contributed by atoms with Crippen molar-refractivity contribution < 1.29 is 14.8 Å². The molecule has 0 unspecified atom stereocenters. The Morgan fingerprint density at radius 2 is 2.05 bits per heavy atom. The van der Waals surface area contributed by atoms with Crippen LogP contribution in [-0.4, -0.2) is 47.5 Å². The summed E-state index contributed by atoms with van der Waals surface area (Å²) in [4.78, 5) is 26.4. The highest BCUT2D eigenvalue weighted by molar-refractivity contribution is 7.16. The van der Waals surface area contributed by atoms with Crippen molar-refractivity contribution >= 4 is 27.9 Å². The molecular weight excluding hydrogens is 294 g/mol. The number of nitrogens with zero attached hydrogens (tertiary/aromatic N) is 3. The van der Waals surface area contributed by atoms with Gasteiger partial charge in [0.15, 0.2) is 5.00 Å². The highest BCUT2D eigenvalue weighted by atomic mass is 32.1. The number of rotatable bonds is 7. The Hall–Kier alpha value is -1.67. The molecule has 0 aliphatic heterocycles. The predicted molar refractivity (Wildman–Crippen MR) is 82.8 cm³/mol. The lowest BCUT2D eigenvalue weighted by Crippen LogP contribution is -2.38. The van der Waals surface area contributed by atoms with Crippen LogP contribution in [0, 0.1) is 10.1 Å². The minimum atomic E-state index is -0.769. The highest BCUT2D eigenvalue weighted by Gasteiger charge is 2.25. The lowest BCUT2D eigenvalue weighted by molar-refractivity contribution is -0.383. The maximum Gasteiger partial charge on any atom is 0.304 e. The zero-order valence-corrected chi connectivity index (χ0v) is 13.5. The number of hydrogen-bond acceptors (Lipinski definition) is 6. The first-order valence-corrected chi connectivity index (χ1v) is 7.58. The van der Waals surface area contributed by atoms with Gasteiger partial charge in [0.25, 0.3) is 0 Å². The van der Waals surface area contributed by atoms with E-state index in [0.29, 0.717) is 23.0 Å². The van der Waals surface area contributed by atoms with Gasteiger partial charge in [0.05, 0.1) is 17.6 Å². The molecule has 1 atom stereocenters. The molecule has 1 aromatic heterocycles. The number of carbonyl (C=O) groups excluding carboxylic acids is 1. The van der Waals surface area contributed by atoms with Crippen LogP contribution in [0.4, 0.5) is 10.7 Å². The van der Waals surface area contributed by atoms with E-state index in [-0.39, 0.29) is 18.1 Å². The summed E-state index contributed by atoms with van der Waals surface area (Å²) in [7, 11) is 1.64. The monoisotopic (exact) mass is 315 g/mol. The summed E-state index contributed by atoms with van der Waals surface area (Å²) in [5.41, 5.74) is -0.0780. The zero-order valence-electron chi connectivity index (χ0n) is 12.7. The molecule has 118 valence electrons. The number of anilines is 1. The molecule has 1 heterocycles. The Morgan fingerprint density at radius 1 is 1.48 bits per heavy atom. The van der Waals surface area contributed by atoms with E-state index in [9.17, 15) is 20.0 Å². The molecule has 0 saturated carbocycles. The smallest absolute Gasteiger partial charge is 0.304 e. The number of likely N-dealkylation sites (N-methyl/N-ethyl adjacent to an activating group) is 2. The van der Waals surface area contributed by atoms with Crippen LogP contribution in [0.5, 0.6) is 0 Å². The van der Waals surface area contributed by atoms with Gasteiger partial charge in [-0.25, -0.2) is 0 Å². The van der Waals surface area contributed by atoms with Gasteiger partial charge in [0.2, 0.25) is 5.91 Å². The number of amides is 1. The topological polar surface area (TPSA) is 86.9 Å². The summed E-state index contributed by atoms with van der Waals surface area (Å²) in [5, 5.41) is 21.1. The van der Waals surface area contributed by atoms with Crippen LogP contribution < -0.4 is 4.90 Å². The van der Waals surface area contributed by atoms with E-state index in [0.717, 1.165) is 11.3 Å². The zero-order chi connectivity index (χ0) is 16.2. The van der Waals surface area contributed by atoms with Crippen LogP contribution in [0.1, 0.15) is 31.8 Å². The normalized spacial score (nSPS) is 12.0. The van der Waals surface area contributed by atoms with Crippen molar-refractivity contribution in [2.24, 2.45) is 0 Å². The molecule has 0 aliphatic carbocycles.